The Morgan fingerprint density at radius 3 is 0.750 bits per heavy atom. The van der Waals surface area contributed by atoms with Crippen molar-refractivity contribution >= 4 is 10.4 Å². The molecule has 0 saturated heterocycles. The van der Waals surface area contributed by atoms with Crippen molar-refractivity contribution in [3.05, 3.63) is 0 Å². The molecule has 0 spiro atoms. The zero-order valence-electron chi connectivity index (χ0n) is 21.4. The number of rotatable bonds is 28. The lowest BCUT2D eigenvalue weighted by Gasteiger charge is -2.08. The zero-order valence-corrected chi connectivity index (χ0v) is 22.2. The second-order valence-corrected chi connectivity index (χ2v) is 7.58. The second kappa shape index (κ2) is 32.5. The lowest BCUT2D eigenvalue weighted by molar-refractivity contribution is -0.0255. The van der Waals surface area contributed by atoms with E-state index >= 15 is 0 Å². The smallest absolute Gasteiger partial charge is 0.394 e. The summed E-state index contributed by atoms with van der Waals surface area (Å²) in [6.07, 6.45) is 1.03. The van der Waals surface area contributed by atoms with Gasteiger partial charge in [-0.15, -0.1) is 0 Å². The molecule has 15 heteroatoms. The van der Waals surface area contributed by atoms with E-state index in [1.165, 1.54) is 0 Å². The van der Waals surface area contributed by atoms with E-state index in [9.17, 15) is 0 Å². The van der Waals surface area contributed by atoms with E-state index in [-0.39, 0.29) is 6.61 Å². The Balaban J connectivity index is 0. The summed E-state index contributed by atoms with van der Waals surface area (Å²) in [4.78, 5) is 0. The van der Waals surface area contributed by atoms with Crippen molar-refractivity contribution in [3.63, 3.8) is 0 Å². The molecule has 0 aliphatic carbocycles. The van der Waals surface area contributed by atoms with Crippen LogP contribution in [-0.2, 0) is 53.0 Å². The van der Waals surface area contributed by atoms with Gasteiger partial charge in [0.2, 0.25) is 0 Å². The van der Waals surface area contributed by atoms with E-state index in [1.807, 2.05) is 0 Å². The molecule has 0 aliphatic rings. The number of hydrogen-bond acceptors (Lipinski definition) is 12. The monoisotopic (exact) mass is 554 g/mol. The Morgan fingerprint density at radius 2 is 0.583 bits per heavy atom. The largest absolute Gasteiger partial charge is 0.394 e. The molecule has 0 atom stereocenters. The number of aliphatic hydroxyl groups excluding tert-OH is 1. The molecule has 220 valence electrons. The summed E-state index contributed by atoms with van der Waals surface area (Å²) < 4.78 is 79.7. The van der Waals surface area contributed by atoms with Crippen LogP contribution in [0.5, 0.6) is 0 Å². The van der Waals surface area contributed by atoms with Crippen LogP contribution in [0.2, 0.25) is 0 Å². The molecule has 3 N–H and O–H groups in total. The summed E-state index contributed by atoms with van der Waals surface area (Å²) >= 11 is 0. The maximum Gasteiger partial charge on any atom is 0.394 e. The lowest BCUT2D eigenvalue weighted by atomic mass is 10.5. The minimum absolute atomic E-state index is 0.0323. The van der Waals surface area contributed by atoms with Crippen molar-refractivity contribution in [3.8, 4) is 0 Å². The molecule has 0 heterocycles. The third-order valence-electron chi connectivity index (χ3n) is 3.56. The SMILES string of the molecule is CCCOCCOCCOCCOCCOCCOCCOCCOCCOCCO.O=S(=O)(O)O. The Morgan fingerprint density at radius 1 is 0.417 bits per heavy atom. The average Bonchev–Trinajstić information content (AvgIpc) is 2.82. The van der Waals surface area contributed by atoms with Crippen molar-refractivity contribution in [1.29, 1.82) is 0 Å². The highest BCUT2D eigenvalue weighted by Crippen LogP contribution is 1.86. The third-order valence-corrected chi connectivity index (χ3v) is 3.56. The summed E-state index contributed by atoms with van der Waals surface area (Å²) in [5.74, 6) is 0. The van der Waals surface area contributed by atoms with Crippen LogP contribution in [0, 0.1) is 0 Å². The first-order chi connectivity index (χ1) is 17.4. The van der Waals surface area contributed by atoms with Gasteiger partial charge in [-0.25, -0.2) is 0 Å². The van der Waals surface area contributed by atoms with Crippen molar-refractivity contribution in [2.45, 2.75) is 13.3 Å². The van der Waals surface area contributed by atoms with Gasteiger partial charge in [0.25, 0.3) is 0 Å². The molecule has 36 heavy (non-hydrogen) atoms. The summed E-state index contributed by atoms with van der Waals surface area (Å²) in [5, 5.41) is 8.54. The van der Waals surface area contributed by atoms with Gasteiger partial charge in [-0.1, -0.05) is 6.92 Å². The minimum Gasteiger partial charge on any atom is -0.394 e. The molecule has 0 saturated carbocycles. The molecule has 0 fully saturated rings. The minimum atomic E-state index is -4.67. The summed E-state index contributed by atoms with van der Waals surface area (Å²) in [5.41, 5.74) is 0. The topological polar surface area (TPSA) is 178 Å². The van der Waals surface area contributed by atoms with Crippen molar-refractivity contribution in [1.82, 2.24) is 0 Å². The quantitative estimate of drug-likeness (QED) is 0.0861. The van der Waals surface area contributed by atoms with Gasteiger partial charge in [-0.05, 0) is 6.42 Å². The Bertz CT molecular complexity index is 459. The fourth-order valence-electron chi connectivity index (χ4n) is 2.07. The molecule has 0 aromatic rings. The van der Waals surface area contributed by atoms with Crippen molar-refractivity contribution in [2.24, 2.45) is 0 Å². The molecule has 0 aliphatic heterocycles. The molecule has 0 unspecified atom stereocenters. The highest BCUT2D eigenvalue weighted by molar-refractivity contribution is 7.79. The first-order valence-corrected chi connectivity index (χ1v) is 13.3. The van der Waals surface area contributed by atoms with Gasteiger partial charge in [-0.3, -0.25) is 9.11 Å². The highest BCUT2D eigenvalue weighted by Gasteiger charge is 1.95. The standard InChI is InChI=1S/C21H44O10.H2O4S/c1-2-4-23-6-8-25-10-12-27-14-16-29-18-20-31-21-19-30-17-15-28-13-11-26-9-7-24-5-3-22;1-5(2,3)4/h22H,2-21H2,1H3;(H2,1,2,3,4). The van der Waals surface area contributed by atoms with E-state index in [1.54, 1.807) is 0 Å². The van der Waals surface area contributed by atoms with Crippen LogP contribution in [0.15, 0.2) is 0 Å². The van der Waals surface area contributed by atoms with Crippen LogP contribution >= 0.6 is 0 Å². The number of ether oxygens (including phenoxy) is 9. The van der Waals surface area contributed by atoms with Crippen LogP contribution in [0.25, 0.3) is 0 Å². The lowest BCUT2D eigenvalue weighted by Crippen LogP contribution is -2.15. The molecule has 0 aromatic heterocycles. The third kappa shape index (κ3) is 46.8. The first kappa shape index (κ1) is 37.6. The molecule has 0 rings (SSSR count). The predicted molar refractivity (Wildman–Crippen MR) is 129 cm³/mol. The summed E-state index contributed by atoms with van der Waals surface area (Å²) in [6.45, 7) is 11.8. The fourth-order valence-corrected chi connectivity index (χ4v) is 2.07. The van der Waals surface area contributed by atoms with E-state index in [4.69, 9.17) is 65.3 Å². The molecular weight excluding hydrogens is 508 g/mol. The van der Waals surface area contributed by atoms with Crippen LogP contribution in [-0.4, -0.2) is 148 Å². The maximum atomic E-state index is 8.74. The molecule has 14 nitrogen and oxygen atoms in total. The van der Waals surface area contributed by atoms with Gasteiger partial charge in [0.15, 0.2) is 0 Å². The maximum absolute atomic E-state index is 8.74. The molecule has 0 amide bonds. The van der Waals surface area contributed by atoms with Gasteiger partial charge < -0.3 is 47.7 Å². The molecule has 0 aromatic carbocycles. The first-order valence-electron chi connectivity index (χ1n) is 11.9. The summed E-state index contributed by atoms with van der Waals surface area (Å²) in [7, 11) is -4.67. The van der Waals surface area contributed by atoms with Gasteiger partial charge in [0.05, 0.1) is 119 Å². The van der Waals surface area contributed by atoms with Gasteiger partial charge >= 0.3 is 10.4 Å². The average molecular weight is 555 g/mol. The van der Waals surface area contributed by atoms with E-state index in [2.05, 4.69) is 6.92 Å². The van der Waals surface area contributed by atoms with Crippen LogP contribution in [0.3, 0.4) is 0 Å². The predicted octanol–water partition coefficient (Wildman–Crippen LogP) is -0.115. The molecule has 0 radical (unpaired) electrons. The van der Waals surface area contributed by atoms with Gasteiger partial charge in [0.1, 0.15) is 0 Å². The highest BCUT2D eigenvalue weighted by atomic mass is 32.3. The second-order valence-electron chi connectivity index (χ2n) is 6.68. The van der Waals surface area contributed by atoms with Crippen LogP contribution < -0.4 is 0 Å². The van der Waals surface area contributed by atoms with Crippen LogP contribution in [0.4, 0.5) is 0 Å². The van der Waals surface area contributed by atoms with Crippen LogP contribution in [0.1, 0.15) is 13.3 Å². The molecular formula is C21H46O14S. The van der Waals surface area contributed by atoms with Gasteiger partial charge in [-0.2, -0.15) is 8.42 Å². The fraction of sp³-hybridized carbons (Fsp3) is 1.00. The summed E-state index contributed by atoms with van der Waals surface area (Å²) in [6, 6.07) is 0. The van der Waals surface area contributed by atoms with E-state index in [0.29, 0.717) is 112 Å². The number of hydrogen-bond donors (Lipinski definition) is 3. The van der Waals surface area contributed by atoms with E-state index < -0.39 is 10.4 Å². The van der Waals surface area contributed by atoms with Crippen molar-refractivity contribution < 1.29 is 65.3 Å². The normalized spacial score (nSPS) is 11.4. The number of aliphatic hydroxyl groups is 1. The Labute approximate surface area is 214 Å². The van der Waals surface area contributed by atoms with Crippen molar-refractivity contribution in [2.75, 3.05) is 126 Å². The Kier molecular flexibility index (Phi) is 34.0. The van der Waals surface area contributed by atoms with Gasteiger partial charge in [0, 0.05) is 6.61 Å². The Hall–Kier alpha value is -0.530. The van der Waals surface area contributed by atoms with E-state index in [0.717, 1.165) is 13.0 Å². The zero-order chi connectivity index (χ0) is 27.0. The molecule has 0 bridgehead atoms.